The Kier molecular flexibility index (Phi) is 7.09. The van der Waals surface area contributed by atoms with Crippen molar-refractivity contribution in [1.82, 2.24) is 13.5 Å². The fourth-order valence-electron chi connectivity index (χ4n) is 3.67. The van der Waals surface area contributed by atoms with Crippen LogP contribution in [0.1, 0.15) is 11.3 Å². The average molecular weight is 549 g/mol. The molecule has 0 aliphatic carbocycles. The second-order valence-corrected chi connectivity index (χ2v) is 8.90. The number of carbonyl (C=O) groups excluding carboxylic acids is 1. The minimum Gasteiger partial charge on any atom is -0.481 e. The van der Waals surface area contributed by atoms with Crippen molar-refractivity contribution < 1.29 is 37.3 Å². The van der Waals surface area contributed by atoms with Crippen LogP contribution < -0.4 is 16.0 Å². The number of ether oxygens (including phenoxy) is 2. The van der Waals surface area contributed by atoms with E-state index in [9.17, 15) is 32.3 Å². The molecule has 14 heteroatoms. The molecule has 0 atom stereocenters. The van der Waals surface area contributed by atoms with Crippen LogP contribution in [0.25, 0.3) is 27.0 Å². The van der Waals surface area contributed by atoms with E-state index in [2.05, 4.69) is 9.11 Å². The molecule has 0 amide bonds. The number of nitrogens with zero attached hydrogens (tertiary/aromatic N) is 3. The highest BCUT2D eigenvalue weighted by Crippen LogP contribution is 2.37. The highest BCUT2D eigenvalue weighted by atomic mass is 32.1. The van der Waals surface area contributed by atoms with Gasteiger partial charge in [-0.2, -0.15) is 17.5 Å². The number of esters is 1. The maximum atomic E-state index is 13.2. The van der Waals surface area contributed by atoms with Crippen molar-refractivity contribution in [3.05, 3.63) is 74.6 Å². The zero-order valence-corrected chi connectivity index (χ0v) is 20.6. The zero-order chi connectivity index (χ0) is 27.8. The third-order valence-electron chi connectivity index (χ3n) is 5.41. The minimum atomic E-state index is -4.89. The Balaban J connectivity index is 1.78. The first-order valence-corrected chi connectivity index (χ1v) is 11.6. The van der Waals surface area contributed by atoms with Gasteiger partial charge in [0.05, 0.1) is 16.1 Å². The minimum absolute atomic E-state index is 0.0330. The summed E-state index contributed by atoms with van der Waals surface area (Å²) in [5.74, 6) is -1.99. The van der Waals surface area contributed by atoms with Crippen molar-refractivity contribution in [2.24, 2.45) is 7.05 Å². The summed E-state index contributed by atoms with van der Waals surface area (Å²) in [5, 5.41) is 9.11. The van der Waals surface area contributed by atoms with Gasteiger partial charge in [-0.25, -0.2) is 19.0 Å². The van der Waals surface area contributed by atoms with Gasteiger partial charge in [-0.15, -0.1) is 0 Å². The Labute approximate surface area is 215 Å². The molecule has 4 aromatic rings. The second-order valence-electron chi connectivity index (χ2n) is 8.10. The number of hydrogen-bond donors (Lipinski definition) is 1. The first-order valence-electron chi connectivity index (χ1n) is 10.8. The van der Waals surface area contributed by atoms with E-state index >= 15 is 0 Å². The summed E-state index contributed by atoms with van der Waals surface area (Å²) < 4.78 is 55.9. The molecule has 10 nitrogen and oxygen atoms in total. The van der Waals surface area contributed by atoms with E-state index < -0.39 is 48.3 Å². The molecule has 198 valence electrons. The number of alkyl halides is 3. The predicted molar refractivity (Wildman–Crippen MR) is 130 cm³/mol. The van der Waals surface area contributed by atoms with Crippen LogP contribution in [-0.2, 0) is 27.5 Å². The fraction of sp³-hybridized carbons (Fsp3) is 0.208. The van der Waals surface area contributed by atoms with Crippen molar-refractivity contribution in [1.29, 1.82) is 0 Å². The van der Waals surface area contributed by atoms with Crippen LogP contribution in [0.3, 0.4) is 0 Å². The van der Waals surface area contributed by atoms with Crippen LogP contribution in [0.15, 0.2) is 52.1 Å². The number of fused-ring (bicyclic) bond motifs is 1. The van der Waals surface area contributed by atoms with Crippen LogP contribution in [0, 0.1) is 6.92 Å². The van der Waals surface area contributed by atoms with Gasteiger partial charge < -0.3 is 14.6 Å². The van der Waals surface area contributed by atoms with Gasteiger partial charge in [-0.3, -0.25) is 9.36 Å². The third kappa shape index (κ3) is 5.29. The SMILES string of the molecule is Cc1ccc(OCC(=O)OCC(=O)O)c(-c2nsc3ccc(-n4c(=O)cc(C(F)(F)F)n(C)c4=O)cc23)c1. The molecule has 0 spiro atoms. The lowest BCUT2D eigenvalue weighted by atomic mass is 10.0. The number of aromatic nitrogens is 3. The summed E-state index contributed by atoms with van der Waals surface area (Å²) in [4.78, 5) is 47.7. The van der Waals surface area contributed by atoms with Crippen molar-refractivity contribution in [3.63, 3.8) is 0 Å². The molecule has 2 aromatic carbocycles. The highest BCUT2D eigenvalue weighted by molar-refractivity contribution is 7.13. The average Bonchev–Trinajstić information content (AvgIpc) is 3.26. The van der Waals surface area contributed by atoms with Gasteiger partial charge in [0.25, 0.3) is 5.56 Å². The molecule has 2 heterocycles. The molecule has 0 aliphatic rings. The van der Waals surface area contributed by atoms with Gasteiger partial charge in [-0.05, 0) is 48.8 Å². The number of halogens is 3. The molecule has 0 unspecified atom stereocenters. The summed E-state index contributed by atoms with van der Waals surface area (Å²) in [7, 11) is 0.926. The summed E-state index contributed by atoms with van der Waals surface area (Å²) >= 11 is 1.10. The van der Waals surface area contributed by atoms with Crippen LogP contribution in [0.5, 0.6) is 5.75 Å². The van der Waals surface area contributed by atoms with E-state index in [-0.39, 0.29) is 11.4 Å². The predicted octanol–water partition coefficient (Wildman–Crippen LogP) is 3.15. The molecule has 0 radical (unpaired) electrons. The Morgan fingerprint density at radius 1 is 1.08 bits per heavy atom. The monoisotopic (exact) mass is 549 g/mol. The number of hydrogen-bond acceptors (Lipinski definition) is 8. The van der Waals surface area contributed by atoms with Crippen molar-refractivity contribution in [2.75, 3.05) is 13.2 Å². The Hall–Kier alpha value is -4.46. The van der Waals surface area contributed by atoms with Crippen molar-refractivity contribution in [3.8, 4) is 22.7 Å². The summed E-state index contributed by atoms with van der Waals surface area (Å²) in [6.45, 7) is 0.415. The van der Waals surface area contributed by atoms with E-state index in [4.69, 9.17) is 9.84 Å². The van der Waals surface area contributed by atoms with Gasteiger partial charge in [0.15, 0.2) is 13.2 Å². The maximum Gasteiger partial charge on any atom is 0.431 e. The molecule has 0 fully saturated rings. The standard InChI is InChI=1S/C24H18F3N3O7S/c1-12-3-5-16(36-11-21(34)37-10-20(32)33)14(7-12)22-15-8-13(4-6-17(15)38-28-22)30-19(31)9-18(24(25,26)27)29(2)23(30)35/h3-9H,10-11H2,1-2H3,(H,32,33). The van der Waals surface area contributed by atoms with Gasteiger partial charge in [0.2, 0.25) is 0 Å². The van der Waals surface area contributed by atoms with E-state index in [1.54, 1.807) is 31.2 Å². The second kappa shape index (κ2) is 10.1. The first kappa shape index (κ1) is 26.6. The number of carbonyl (C=O) groups is 2. The Morgan fingerprint density at radius 2 is 1.82 bits per heavy atom. The fourth-order valence-corrected chi connectivity index (χ4v) is 4.44. The van der Waals surface area contributed by atoms with Crippen LogP contribution in [0.4, 0.5) is 13.2 Å². The first-order chi connectivity index (χ1) is 17.9. The number of aliphatic carboxylic acids is 1. The zero-order valence-electron chi connectivity index (χ0n) is 19.7. The van der Waals surface area contributed by atoms with E-state index in [1.807, 2.05) is 0 Å². The number of benzene rings is 2. The summed E-state index contributed by atoms with van der Waals surface area (Å²) in [5.41, 5.74) is -2.02. The number of rotatable bonds is 7. The van der Waals surface area contributed by atoms with Gasteiger partial charge in [0.1, 0.15) is 11.4 Å². The molecule has 0 bridgehead atoms. The third-order valence-corrected chi connectivity index (χ3v) is 6.24. The number of carboxylic acids is 1. The summed E-state index contributed by atoms with van der Waals surface area (Å²) in [6, 6.07) is 9.84. The number of carboxylic acid groups (broad SMARTS) is 1. The number of aryl methyl sites for hydroxylation is 1. The molecule has 0 saturated heterocycles. The van der Waals surface area contributed by atoms with Gasteiger partial charge >= 0.3 is 23.8 Å². The molecule has 1 N–H and O–H groups in total. The quantitative estimate of drug-likeness (QED) is 0.348. The van der Waals surface area contributed by atoms with Gasteiger partial charge in [0, 0.05) is 24.1 Å². The van der Waals surface area contributed by atoms with Crippen molar-refractivity contribution in [2.45, 2.75) is 13.1 Å². The molecule has 38 heavy (non-hydrogen) atoms. The Morgan fingerprint density at radius 3 is 2.50 bits per heavy atom. The van der Waals surface area contributed by atoms with E-state index in [1.165, 1.54) is 12.1 Å². The van der Waals surface area contributed by atoms with E-state index in [0.29, 0.717) is 36.5 Å². The molecule has 0 saturated carbocycles. The van der Waals surface area contributed by atoms with Gasteiger partial charge in [-0.1, -0.05) is 11.6 Å². The summed E-state index contributed by atoms with van der Waals surface area (Å²) in [6.07, 6.45) is -4.89. The molecular formula is C24H18F3N3O7S. The highest BCUT2D eigenvalue weighted by Gasteiger charge is 2.35. The Bertz CT molecular complexity index is 1690. The molecular weight excluding hydrogens is 531 g/mol. The molecule has 0 aliphatic heterocycles. The molecule has 2 aromatic heterocycles. The van der Waals surface area contributed by atoms with Crippen molar-refractivity contribution >= 4 is 33.6 Å². The normalized spacial score (nSPS) is 11.5. The van der Waals surface area contributed by atoms with E-state index in [0.717, 1.165) is 24.1 Å². The van der Waals surface area contributed by atoms with Crippen LogP contribution in [-0.4, -0.2) is 43.8 Å². The lowest BCUT2D eigenvalue weighted by molar-refractivity contribution is -0.156. The largest absolute Gasteiger partial charge is 0.481 e. The van der Waals surface area contributed by atoms with Crippen LogP contribution >= 0.6 is 11.5 Å². The lowest BCUT2D eigenvalue weighted by Crippen LogP contribution is -2.40. The topological polar surface area (TPSA) is 130 Å². The molecule has 4 rings (SSSR count). The maximum absolute atomic E-state index is 13.2. The van der Waals surface area contributed by atoms with Crippen LogP contribution in [0.2, 0.25) is 0 Å². The smallest absolute Gasteiger partial charge is 0.431 e. The lowest BCUT2D eigenvalue weighted by Gasteiger charge is -2.14.